The van der Waals surface area contributed by atoms with E-state index in [-0.39, 0.29) is 16.3 Å². The number of primary sulfonamides is 1. The zero-order chi connectivity index (χ0) is 21.6. The Morgan fingerprint density at radius 1 is 1.00 bits per heavy atom. The highest BCUT2D eigenvalue weighted by atomic mass is 32.2. The summed E-state index contributed by atoms with van der Waals surface area (Å²) < 4.78 is 23.4. The molecule has 1 saturated carbocycles. The molecule has 0 saturated heterocycles. The van der Waals surface area contributed by atoms with Gasteiger partial charge in [-0.25, -0.2) is 13.6 Å². The third kappa shape index (κ3) is 3.60. The van der Waals surface area contributed by atoms with Crippen LogP contribution >= 0.6 is 0 Å². The monoisotopic (exact) mass is 432 g/mol. The number of aromatic amines is 1. The first-order chi connectivity index (χ1) is 14.9. The van der Waals surface area contributed by atoms with Crippen LogP contribution in [0.3, 0.4) is 0 Å². The van der Waals surface area contributed by atoms with Crippen molar-refractivity contribution in [3.05, 3.63) is 83.9 Å². The van der Waals surface area contributed by atoms with E-state index in [1.165, 1.54) is 12.1 Å². The first-order valence-corrected chi connectivity index (χ1v) is 11.4. The SMILES string of the molecule is NS(=O)(=O)c1cccc(-c2n[nH]c3ccc(C(=O)NC4(c5ccccc5)CC4)cc23)c1. The van der Waals surface area contributed by atoms with Gasteiger partial charge in [-0.15, -0.1) is 0 Å². The number of carbonyl (C=O) groups is 1. The number of carbonyl (C=O) groups excluding carboxylic acids is 1. The summed E-state index contributed by atoms with van der Waals surface area (Å²) in [6, 6.07) is 21.6. The average molecular weight is 433 g/mol. The van der Waals surface area contributed by atoms with E-state index < -0.39 is 10.0 Å². The number of aromatic nitrogens is 2. The molecule has 1 aromatic heterocycles. The fraction of sp³-hybridized carbons (Fsp3) is 0.130. The number of fused-ring (bicyclic) bond motifs is 1. The first kappa shape index (κ1) is 19.5. The van der Waals surface area contributed by atoms with Crippen molar-refractivity contribution < 1.29 is 13.2 Å². The highest BCUT2D eigenvalue weighted by molar-refractivity contribution is 7.89. The van der Waals surface area contributed by atoms with E-state index in [9.17, 15) is 13.2 Å². The van der Waals surface area contributed by atoms with Gasteiger partial charge in [-0.2, -0.15) is 5.10 Å². The number of benzene rings is 3. The van der Waals surface area contributed by atoms with Crippen molar-refractivity contribution in [3.8, 4) is 11.3 Å². The summed E-state index contributed by atoms with van der Waals surface area (Å²) in [6.07, 6.45) is 1.81. The topological polar surface area (TPSA) is 118 Å². The van der Waals surface area contributed by atoms with E-state index in [2.05, 4.69) is 15.5 Å². The minimum atomic E-state index is -3.83. The van der Waals surface area contributed by atoms with Crippen LogP contribution in [0.1, 0.15) is 28.8 Å². The molecule has 31 heavy (non-hydrogen) atoms. The van der Waals surface area contributed by atoms with Crippen LogP contribution < -0.4 is 10.5 Å². The average Bonchev–Trinajstić information content (AvgIpc) is 3.43. The molecule has 4 aromatic rings. The number of amides is 1. The Balaban J connectivity index is 1.49. The summed E-state index contributed by atoms with van der Waals surface area (Å²) in [5.41, 5.74) is 3.21. The molecule has 0 radical (unpaired) electrons. The maximum absolute atomic E-state index is 13.0. The van der Waals surface area contributed by atoms with Crippen molar-refractivity contribution in [2.75, 3.05) is 0 Å². The van der Waals surface area contributed by atoms with Crippen molar-refractivity contribution in [1.29, 1.82) is 0 Å². The second-order valence-electron chi connectivity index (χ2n) is 7.81. The molecular weight excluding hydrogens is 412 g/mol. The van der Waals surface area contributed by atoms with Crippen molar-refractivity contribution in [3.63, 3.8) is 0 Å². The van der Waals surface area contributed by atoms with E-state index >= 15 is 0 Å². The van der Waals surface area contributed by atoms with Crippen molar-refractivity contribution in [2.24, 2.45) is 5.14 Å². The molecular formula is C23H20N4O3S. The van der Waals surface area contributed by atoms with Crippen LogP contribution in [0.25, 0.3) is 22.2 Å². The van der Waals surface area contributed by atoms with Gasteiger partial charge in [0.25, 0.3) is 5.91 Å². The molecule has 1 aliphatic carbocycles. The zero-order valence-electron chi connectivity index (χ0n) is 16.5. The number of rotatable bonds is 5. The summed E-state index contributed by atoms with van der Waals surface area (Å²) in [5, 5.41) is 16.4. The summed E-state index contributed by atoms with van der Waals surface area (Å²) in [6.45, 7) is 0. The number of nitrogens with two attached hydrogens (primary N) is 1. The van der Waals surface area contributed by atoms with Gasteiger partial charge in [0.2, 0.25) is 10.0 Å². The Bertz CT molecular complexity index is 1410. The van der Waals surface area contributed by atoms with Gasteiger partial charge in [0.05, 0.1) is 21.6 Å². The molecule has 0 unspecified atom stereocenters. The predicted molar refractivity (Wildman–Crippen MR) is 118 cm³/mol. The molecule has 0 aliphatic heterocycles. The minimum Gasteiger partial charge on any atom is -0.343 e. The van der Waals surface area contributed by atoms with Gasteiger partial charge < -0.3 is 5.32 Å². The lowest BCUT2D eigenvalue weighted by molar-refractivity contribution is 0.0931. The number of hydrogen-bond donors (Lipinski definition) is 3. The van der Waals surface area contributed by atoms with Gasteiger partial charge in [-0.3, -0.25) is 9.89 Å². The van der Waals surface area contributed by atoms with Crippen LogP contribution in [0.5, 0.6) is 0 Å². The van der Waals surface area contributed by atoms with Gasteiger partial charge in [0, 0.05) is 16.5 Å². The summed E-state index contributed by atoms with van der Waals surface area (Å²) in [5.74, 6) is -0.159. The molecule has 1 fully saturated rings. The molecule has 156 valence electrons. The van der Waals surface area contributed by atoms with Gasteiger partial charge >= 0.3 is 0 Å². The summed E-state index contributed by atoms with van der Waals surface area (Å²) >= 11 is 0. The molecule has 8 heteroatoms. The van der Waals surface area contributed by atoms with Gasteiger partial charge in [-0.1, -0.05) is 42.5 Å². The summed E-state index contributed by atoms with van der Waals surface area (Å²) in [4.78, 5) is 13.0. The largest absolute Gasteiger partial charge is 0.343 e. The molecule has 4 N–H and O–H groups in total. The van der Waals surface area contributed by atoms with Crippen molar-refractivity contribution in [1.82, 2.24) is 15.5 Å². The van der Waals surface area contributed by atoms with Crippen LogP contribution in [-0.4, -0.2) is 24.5 Å². The second-order valence-corrected chi connectivity index (χ2v) is 9.37. The Hall–Kier alpha value is -3.49. The fourth-order valence-electron chi connectivity index (χ4n) is 3.85. The molecule has 3 aromatic carbocycles. The molecule has 7 nitrogen and oxygen atoms in total. The lowest BCUT2D eigenvalue weighted by Gasteiger charge is -2.18. The van der Waals surface area contributed by atoms with E-state index in [1.807, 2.05) is 30.3 Å². The number of nitrogens with zero attached hydrogens (tertiary/aromatic N) is 1. The third-order valence-corrected chi connectivity index (χ3v) is 6.60. The molecule has 1 heterocycles. The lowest BCUT2D eigenvalue weighted by Crippen LogP contribution is -2.34. The van der Waals surface area contributed by atoms with E-state index in [1.54, 1.807) is 30.3 Å². The Labute approximate surface area is 179 Å². The number of hydrogen-bond acceptors (Lipinski definition) is 4. The van der Waals surface area contributed by atoms with E-state index in [0.29, 0.717) is 16.8 Å². The smallest absolute Gasteiger partial charge is 0.251 e. The highest BCUT2D eigenvalue weighted by Gasteiger charge is 2.45. The standard InChI is InChI=1S/C23H20N4O3S/c24-31(29,30)18-8-4-5-15(13-18)21-19-14-16(9-10-20(19)26-27-21)22(28)25-23(11-12-23)17-6-2-1-3-7-17/h1-10,13-14H,11-12H2,(H,25,28)(H,26,27)(H2,24,29,30). The van der Waals surface area contributed by atoms with Crippen LogP contribution in [0.15, 0.2) is 77.7 Å². The molecule has 5 rings (SSSR count). The second kappa shape index (κ2) is 7.04. The molecule has 1 aliphatic rings. The van der Waals surface area contributed by atoms with Crippen LogP contribution in [-0.2, 0) is 15.6 Å². The van der Waals surface area contributed by atoms with E-state index in [0.717, 1.165) is 29.3 Å². The molecule has 0 bridgehead atoms. The summed E-state index contributed by atoms with van der Waals surface area (Å²) in [7, 11) is -3.83. The van der Waals surface area contributed by atoms with E-state index in [4.69, 9.17) is 5.14 Å². The van der Waals surface area contributed by atoms with Crippen LogP contribution in [0.4, 0.5) is 0 Å². The normalized spacial score (nSPS) is 15.0. The fourth-order valence-corrected chi connectivity index (χ4v) is 4.41. The Kier molecular flexibility index (Phi) is 4.42. The number of H-pyrrole nitrogens is 1. The first-order valence-electron chi connectivity index (χ1n) is 9.85. The van der Waals surface area contributed by atoms with Crippen molar-refractivity contribution >= 4 is 26.8 Å². The number of sulfonamides is 1. The minimum absolute atomic E-state index is 0.00795. The van der Waals surface area contributed by atoms with Gasteiger partial charge in [0.1, 0.15) is 0 Å². The molecule has 0 spiro atoms. The maximum Gasteiger partial charge on any atom is 0.251 e. The van der Waals surface area contributed by atoms with Crippen LogP contribution in [0, 0.1) is 0 Å². The molecule has 1 amide bonds. The van der Waals surface area contributed by atoms with Crippen LogP contribution in [0.2, 0.25) is 0 Å². The Morgan fingerprint density at radius 2 is 1.77 bits per heavy atom. The van der Waals surface area contributed by atoms with Gasteiger partial charge in [0.15, 0.2) is 0 Å². The van der Waals surface area contributed by atoms with Gasteiger partial charge in [-0.05, 0) is 48.7 Å². The number of nitrogens with one attached hydrogen (secondary N) is 2. The maximum atomic E-state index is 13.0. The highest BCUT2D eigenvalue weighted by Crippen LogP contribution is 2.45. The third-order valence-electron chi connectivity index (χ3n) is 5.69. The zero-order valence-corrected chi connectivity index (χ0v) is 17.3. The molecule has 0 atom stereocenters. The quantitative estimate of drug-likeness (QED) is 0.448. The van der Waals surface area contributed by atoms with Crippen molar-refractivity contribution in [2.45, 2.75) is 23.3 Å². The Morgan fingerprint density at radius 3 is 2.48 bits per heavy atom. The lowest BCUT2D eigenvalue weighted by atomic mass is 10.0. The predicted octanol–water partition coefficient (Wildman–Crippen LogP) is 3.30.